The summed E-state index contributed by atoms with van der Waals surface area (Å²) in [7, 11) is 0. The van der Waals surface area contributed by atoms with Gasteiger partial charge in [-0.2, -0.15) is 0 Å². The normalized spacial score (nSPS) is 18.7. The number of aryl methyl sites for hydroxylation is 1. The van der Waals surface area contributed by atoms with Gasteiger partial charge in [-0.05, 0) is 44.7 Å². The van der Waals surface area contributed by atoms with E-state index in [1.54, 1.807) is 19.9 Å². The minimum atomic E-state index is -1.29. The Labute approximate surface area is 137 Å². The zero-order chi connectivity index (χ0) is 17.0. The van der Waals surface area contributed by atoms with E-state index in [2.05, 4.69) is 12.6 Å². The third kappa shape index (κ3) is 3.16. The number of carbonyl (C=O) groups is 2. The number of carbonyl (C=O) groups excluding carboxylic acids is 2. The predicted octanol–water partition coefficient (Wildman–Crippen LogP) is 3.32. The highest BCUT2D eigenvalue weighted by Crippen LogP contribution is 2.45. The number of ether oxygens (including phenoxy) is 2. The highest BCUT2D eigenvalue weighted by atomic mass is 16.6. The van der Waals surface area contributed by atoms with E-state index in [0.29, 0.717) is 12.8 Å². The average molecular weight is 316 g/mol. The number of fused-ring (bicyclic) bond motifs is 1. The molecular weight excluding hydrogens is 292 g/mol. The Morgan fingerprint density at radius 3 is 2.39 bits per heavy atom. The molecule has 1 aromatic rings. The van der Waals surface area contributed by atoms with Crippen LogP contribution in [0, 0.1) is 12.3 Å². The van der Waals surface area contributed by atoms with Crippen LogP contribution in [0.15, 0.2) is 30.9 Å². The van der Waals surface area contributed by atoms with Crippen molar-refractivity contribution < 1.29 is 19.1 Å². The van der Waals surface area contributed by atoms with Crippen LogP contribution in [-0.2, 0) is 25.5 Å². The standard InChI is InChI=1S/C19H24O4/c1-5-14-11-19(17(20)22-6-2,18(21)23-7-3)12-15-10-13(4)8-9-16(14)15/h5,8-10,14H,1,6-7,11-12H2,2-4H3. The molecule has 1 aromatic carbocycles. The first-order valence-electron chi connectivity index (χ1n) is 8.05. The van der Waals surface area contributed by atoms with Crippen molar-refractivity contribution in [3.63, 3.8) is 0 Å². The SMILES string of the molecule is C=CC1CC(C(=O)OCC)(C(=O)OCC)Cc2cc(C)ccc21. The first-order chi connectivity index (χ1) is 11.0. The van der Waals surface area contributed by atoms with Crippen LogP contribution in [0.25, 0.3) is 0 Å². The lowest BCUT2D eigenvalue weighted by atomic mass is 9.66. The summed E-state index contributed by atoms with van der Waals surface area (Å²) in [5.74, 6) is -1.08. The number of benzene rings is 1. The lowest BCUT2D eigenvalue weighted by Gasteiger charge is -2.37. The average Bonchev–Trinajstić information content (AvgIpc) is 2.53. The summed E-state index contributed by atoms with van der Waals surface area (Å²) in [5.41, 5.74) is 1.92. The number of allylic oxidation sites excluding steroid dienone is 1. The fourth-order valence-electron chi connectivity index (χ4n) is 3.28. The van der Waals surface area contributed by atoms with E-state index in [-0.39, 0.29) is 19.1 Å². The minimum absolute atomic E-state index is 0.0758. The second-order valence-electron chi connectivity index (χ2n) is 5.95. The predicted molar refractivity (Wildman–Crippen MR) is 88.1 cm³/mol. The summed E-state index contributed by atoms with van der Waals surface area (Å²) in [6, 6.07) is 6.12. The van der Waals surface area contributed by atoms with Crippen LogP contribution in [0.1, 0.15) is 42.9 Å². The molecule has 1 atom stereocenters. The van der Waals surface area contributed by atoms with Gasteiger partial charge < -0.3 is 9.47 Å². The monoisotopic (exact) mass is 316 g/mol. The van der Waals surface area contributed by atoms with Crippen LogP contribution >= 0.6 is 0 Å². The zero-order valence-electron chi connectivity index (χ0n) is 14.1. The van der Waals surface area contributed by atoms with Crippen LogP contribution in [0.3, 0.4) is 0 Å². The summed E-state index contributed by atoms with van der Waals surface area (Å²) in [5, 5.41) is 0. The van der Waals surface area contributed by atoms with Gasteiger partial charge in [0.05, 0.1) is 13.2 Å². The molecule has 0 amide bonds. The van der Waals surface area contributed by atoms with Gasteiger partial charge in [0, 0.05) is 5.92 Å². The molecule has 1 aliphatic rings. The van der Waals surface area contributed by atoms with E-state index in [4.69, 9.17) is 9.47 Å². The van der Waals surface area contributed by atoms with Crippen molar-refractivity contribution in [2.24, 2.45) is 5.41 Å². The first-order valence-corrected chi connectivity index (χ1v) is 8.05. The Kier molecular flexibility index (Phi) is 5.24. The Balaban J connectivity index is 2.53. The summed E-state index contributed by atoms with van der Waals surface area (Å²) >= 11 is 0. The Bertz CT molecular complexity index is 600. The molecule has 0 heterocycles. The Morgan fingerprint density at radius 2 is 1.87 bits per heavy atom. The molecule has 0 N–H and O–H groups in total. The van der Waals surface area contributed by atoms with Gasteiger partial charge in [-0.1, -0.05) is 29.8 Å². The van der Waals surface area contributed by atoms with Gasteiger partial charge >= 0.3 is 11.9 Å². The maximum Gasteiger partial charge on any atom is 0.323 e. The molecule has 0 spiro atoms. The van der Waals surface area contributed by atoms with Gasteiger partial charge in [-0.25, -0.2) is 0 Å². The maximum absolute atomic E-state index is 12.6. The molecule has 0 saturated heterocycles. The van der Waals surface area contributed by atoms with E-state index in [1.807, 2.05) is 19.1 Å². The van der Waals surface area contributed by atoms with E-state index in [1.165, 1.54) is 0 Å². The molecule has 4 heteroatoms. The van der Waals surface area contributed by atoms with E-state index in [9.17, 15) is 9.59 Å². The third-order valence-corrected chi connectivity index (χ3v) is 4.38. The van der Waals surface area contributed by atoms with E-state index >= 15 is 0 Å². The highest BCUT2D eigenvalue weighted by Gasteiger charge is 2.52. The minimum Gasteiger partial charge on any atom is -0.465 e. The van der Waals surface area contributed by atoms with Gasteiger partial charge in [-0.3, -0.25) is 9.59 Å². The van der Waals surface area contributed by atoms with Gasteiger partial charge in [0.25, 0.3) is 0 Å². The van der Waals surface area contributed by atoms with Crippen molar-refractivity contribution in [1.29, 1.82) is 0 Å². The van der Waals surface area contributed by atoms with Crippen molar-refractivity contribution in [1.82, 2.24) is 0 Å². The second-order valence-corrected chi connectivity index (χ2v) is 5.95. The summed E-state index contributed by atoms with van der Waals surface area (Å²) < 4.78 is 10.4. The Morgan fingerprint density at radius 1 is 1.26 bits per heavy atom. The summed E-state index contributed by atoms with van der Waals surface area (Å²) in [6.45, 7) is 9.82. The molecule has 0 saturated carbocycles. The number of hydrogen-bond acceptors (Lipinski definition) is 4. The molecule has 0 fully saturated rings. The molecule has 124 valence electrons. The van der Waals surface area contributed by atoms with Gasteiger partial charge in [0.15, 0.2) is 5.41 Å². The van der Waals surface area contributed by atoms with Crippen molar-refractivity contribution in [2.45, 2.75) is 39.5 Å². The third-order valence-electron chi connectivity index (χ3n) is 4.38. The first kappa shape index (κ1) is 17.3. The molecule has 1 unspecified atom stereocenters. The molecule has 0 aromatic heterocycles. The summed E-state index contributed by atoms with van der Waals surface area (Å²) in [6.07, 6.45) is 2.44. The van der Waals surface area contributed by atoms with Crippen LogP contribution in [-0.4, -0.2) is 25.2 Å². The topological polar surface area (TPSA) is 52.6 Å². The lowest BCUT2D eigenvalue weighted by Crippen LogP contribution is -2.47. The molecule has 1 aliphatic carbocycles. The molecule has 23 heavy (non-hydrogen) atoms. The maximum atomic E-state index is 12.6. The number of esters is 2. The van der Waals surface area contributed by atoms with Gasteiger partial charge in [0.1, 0.15) is 0 Å². The largest absolute Gasteiger partial charge is 0.465 e. The van der Waals surface area contributed by atoms with Crippen LogP contribution in [0.4, 0.5) is 0 Å². The Hall–Kier alpha value is -2.10. The van der Waals surface area contributed by atoms with Crippen LogP contribution in [0.5, 0.6) is 0 Å². The molecule has 4 nitrogen and oxygen atoms in total. The molecule has 0 radical (unpaired) electrons. The van der Waals surface area contributed by atoms with Gasteiger partial charge in [-0.15, -0.1) is 6.58 Å². The van der Waals surface area contributed by atoms with Crippen molar-refractivity contribution in [3.8, 4) is 0 Å². The fraction of sp³-hybridized carbons (Fsp3) is 0.474. The fourth-order valence-corrected chi connectivity index (χ4v) is 3.28. The zero-order valence-corrected chi connectivity index (χ0v) is 14.1. The van der Waals surface area contributed by atoms with Crippen molar-refractivity contribution in [2.75, 3.05) is 13.2 Å². The molecule has 2 rings (SSSR count). The van der Waals surface area contributed by atoms with Crippen molar-refractivity contribution >= 4 is 11.9 Å². The molecule has 0 aliphatic heterocycles. The smallest absolute Gasteiger partial charge is 0.323 e. The number of rotatable bonds is 5. The highest BCUT2D eigenvalue weighted by molar-refractivity contribution is 6.01. The van der Waals surface area contributed by atoms with Crippen LogP contribution in [0.2, 0.25) is 0 Å². The number of hydrogen-bond donors (Lipinski definition) is 0. The van der Waals surface area contributed by atoms with Crippen LogP contribution < -0.4 is 0 Å². The summed E-state index contributed by atoms with van der Waals surface area (Å²) in [4.78, 5) is 25.3. The quantitative estimate of drug-likeness (QED) is 0.475. The lowest BCUT2D eigenvalue weighted by molar-refractivity contribution is -0.173. The van der Waals surface area contributed by atoms with E-state index < -0.39 is 17.4 Å². The van der Waals surface area contributed by atoms with Crippen molar-refractivity contribution in [3.05, 3.63) is 47.5 Å². The second kappa shape index (κ2) is 6.99. The van der Waals surface area contributed by atoms with E-state index in [0.717, 1.165) is 16.7 Å². The molecule has 0 bridgehead atoms. The molecular formula is C19H24O4. The van der Waals surface area contributed by atoms with Gasteiger partial charge in [0.2, 0.25) is 0 Å².